The topological polar surface area (TPSA) is 90.8 Å². The van der Waals surface area contributed by atoms with Crippen molar-refractivity contribution in [3.63, 3.8) is 0 Å². The summed E-state index contributed by atoms with van der Waals surface area (Å²) in [4.78, 5) is 45.5. The minimum Gasteiger partial charge on any atom is -0.339 e. The van der Waals surface area contributed by atoms with Gasteiger partial charge in [-0.15, -0.1) is 0 Å². The minimum absolute atomic E-state index is 0.000221. The number of carbonyl (C=O) groups is 2. The molecular weight excluding hydrogens is 406 g/mol. The Hall–Kier alpha value is -3.42. The predicted octanol–water partition coefficient (Wildman–Crippen LogP) is 2.29. The van der Waals surface area contributed by atoms with Crippen LogP contribution in [0.5, 0.6) is 0 Å². The van der Waals surface area contributed by atoms with Gasteiger partial charge in [-0.1, -0.05) is 26.0 Å². The Balaban J connectivity index is 1.40. The lowest BCUT2D eigenvalue weighted by molar-refractivity contribution is -0.131. The zero-order valence-electron chi connectivity index (χ0n) is 19.0. The van der Waals surface area contributed by atoms with Crippen molar-refractivity contribution >= 4 is 17.5 Å². The predicted molar refractivity (Wildman–Crippen MR) is 122 cm³/mol. The average Bonchev–Trinajstić information content (AvgIpc) is 3.16. The van der Waals surface area contributed by atoms with Gasteiger partial charge in [0.25, 0.3) is 11.5 Å². The van der Waals surface area contributed by atoms with Crippen LogP contribution in [0, 0.1) is 13.8 Å². The lowest BCUT2D eigenvalue weighted by Gasteiger charge is -2.35. The first-order valence-electron chi connectivity index (χ1n) is 11.0. The standard InChI is InChI=1S/C24H29N5O3/c1-15(2)18-5-7-19(8-6-18)24(32)28-11-9-27(10-12-28)23(31)13-20-16(3)25-21-14-22(30)26-29(21)17(20)4/h5-8,14-15H,9-13H2,1-4H3,(H,26,30). The molecule has 0 saturated carbocycles. The van der Waals surface area contributed by atoms with Gasteiger partial charge in [0.15, 0.2) is 5.65 Å². The highest BCUT2D eigenvalue weighted by molar-refractivity contribution is 5.94. The number of amides is 2. The number of piperazine rings is 1. The molecule has 2 amide bonds. The summed E-state index contributed by atoms with van der Waals surface area (Å²) in [7, 11) is 0. The molecule has 32 heavy (non-hydrogen) atoms. The Labute approximate surface area is 186 Å². The monoisotopic (exact) mass is 435 g/mol. The highest BCUT2D eigenvalue weighted by Crippen LogP contribution is 2.18. The summed E-state index contributed by atoms with van der Waals surface area (Å²) < 4.78 is 1.62. The second-order valence-electron chi connectivity index (χ2n) is 8.70. The quantitative estimate of drug-likeness (QED) is 0.681. The van der Waals surface area contributed by atoms with Gasteiger partial charge in [0, 0.05) is 54.8 Å². The minimum atomic E-state index is -0.219. The highest BCUT2D eigenvalue weighted by atomic mass is 16.2. The van der Waals surface area contributed by atoms with Crippen molar-refractivity contribution in [2.24, 2.45) is 0 Å². The summed E-state index contributed by atoms with van der Waals surface area (Å²) in [6.07, 6.45) is 0.214. The summed E-state index contributed by atoms with van der Waals surface area (Å²) in [5, 5.41) is 2.72. The molecule has 8 nitrogen and oxygen atoms in total. The van der Waals surface area contributed by atoms with Crippen molar-refractivity contribution in [2.45, 2.75) is 40.0 Å². The van der Waals surface area contributed by atoms with Crippen LogP contribution < -0.4 is 5.56 Å². The van der Waals surface area contributed by atoms with Gasteiger partial charge in [-0.2, -0.15) is 0 Å². The molecule has 0 atom stereocenters. The van der Waals surface area contributed by atoms with Crippen LogP contribution in [0.3, 0.4) is 0 Å². The van der Waals surface area contributed by atoms with E-state index in [4.69, 9.17) is 0 Å². The fourth-order valence-electron chi connectivity index (χ4n) is 4.23. The van der Waals surface area contributed by atoms with Crippen molar-refractivity contribution < 1.29 is 9.59 Å². The number of aromatic nitrogens is 3. The lowest BCUT2D eigenvalue weighted by atomic mass is 10.0. The molecule has 4 rings (SSSR count). The van der Waals surface area contributed by atoms with Crippen LogP contribution in [-0.4, -0.2) is 62.4 Å². The molecule has 1 aliphatic rings. The normalized spacial score (nSPS) is 14.4. The van der Waals surface area contributed by atoms with Gasteiger partial charge in [-0.25, -0.2) is 9.50 Å². The third kappa shape index (κ3) is 4.17. The molecule has 1 aliphatic heterocycles. The van der Waals surface area contributed by atoms with Crippen molar-refractivity contribution in [1.82, 2.24) is 24.4 Å². The van der Waals surface area contributed by atoms with Crippen LogP contribution in [-0.2, 0) is 11.2 Å². The second-order valence-corrected chi connectivity index (χ2v) is 8.70. The number of hydrogen-bond acceptors (Lipinski definition) is 4. The summed E-state index contributed by atoms with van der Waals surface area (Å²) >= 11 is 0. The Kier molecular flexibility index (Phi) is 5.86. The van der Waals surface area contributed by atoms with E-state index in [1.165, 1.54) is 11.6 Å². The average molecular weight is 436 g/mol. The van der Waals surface area contributed by atoms with E-state index in [0.717, 1.165) is 17.0 Å². The summed E-state index contributed by atoms with van der Waals surface area (Å²) in [6, 6.07) is 9.22. The number of benzene rings is 1. The molecule has 1 N–H and O–H groups in total. The van der Waals surface area contributed by atoms with Crippen molar-refractivity contribution in [3.05, 3.63) is 68.8 Å². The maximum absolute atomic E-state index is 13.0. The number of carbonyl (C=O) groups excluding carboxylic acids is 2. The number of nitrogens with zero attached hydrogens (tertiary/aromatic N) is 4. The maximum atomic E-state index is 13.0. The van der Waals surface area contributed by atoms with Crippen molar-refractivity contribution in [2.75, 3.05) is 26.2 Å². The van der Waals surface area contributed by atoms with Gasteiger partial charge in [0.2, 0.25) is 5.91 Å². The Morgan fingerprint density at radius 2 is 1.66 bits per heavy atom. The zero-order valence-corrected chi connectivity index (χ0v) is 19.0. The molecule has 3 aromatic rings. The van der Waals surface area contributed by atoms with Crippen molar-refractivity contribution in [3.8, 4) is 0 Å². The fourth-order valence-corrected chi connectivity index (χ4v) is 4.23. The van der Waals surface area contributed by atoms with Gasteiger partial charge in [0.1, 0.15) is 0 Å². The summed E-state index contributed by atoms with van der Waals surface area (Å²) in [5.74, 6) is 0.431. The third-order valence-corrected chi connectivity index (χ3v) is 6.27. The van der Waals surface area contributed by atoms with E-state index >= 15 is 0 Å². The van der Waals surface area contributed by atoms with Gasteiger partial charge >= 0.3 is 0 Å². The van der Waals surface area contributed by atoms with E-state index < -0.39 is 0 Å². The number of rotatable bonds is 4. The largest absolute Gasteiger partial charge is 0.339 e. The van der Waals surface area contributed by atoms with E-state index in [1.54, 1.807) is 9.42 Å². The molecule has 1 saturated heterocycles. The molecule has 2 aromatic heterocycles. The number of aryl methyl sites for hydroxylation is 2. The number of fused-ring (bicyclic) bond motifs is 1. The molecule has 8 heteroatoms. The lowest BCUT2D eigenvalue weighted by Crippen LogP contribution is -2.51. The van der Waals surface area contributed by atoms with Crippen LogP contribution in [0.15, 0.2) is 35.1 Å². The Morgan fingerprint density at radius 3 is 2.28 bits per heavy atom. The zero-order chi connectivity index (χ0) is 23.0. The first-order valence-corrected chi connectivity index (χ1v) is 11.0. The van der Waals surface area contributed by atoms with Gasteiger partial charge in [-0.3, -0.25) is 19.5 Å². The molecule has 3 heterocycles. The first-order chi connectivity index (χ1) is 15.2. The molecule has 0 radical (unpaired) electrons. The van der Waals surface area contributed by atoms with E-state index in [2.05, 4.69) is 23.9 Å². The number of aromatic amines is 1. The molecule has 0 aliphatic carbocycles. The van der Waals surface area contributed by atoms with Crippen molar-refractivity contribution in [1.29, 1.82) is 0 Å². The van der Waals surface area contributed by atoms with E-state index in [0.29, 0.717) is 43.3 Å². The molecular formula is C24H29N5O3. The van der Waals surface area contributed by atoms with E-state index in [-0.39, 0.29) is 23.8 Å². The summed E-state index contributed by atoms with van der Waals surface area (Å²) in [6.45, 7) is 10.0. The van der Waals surface area contributed by atoms with E-state index in [9.17, 15) is 14.4 Å². The van der Waals surface area contributed by atoms with Crippen LogP contribution in [0.4, 0.5) is 0 Å². The molecule has 1 aromatic carbocycles. The number of hydrogen-bond donors (Lipinski definition) is 1. The van der Waals surface area contributed by atoms with E-state index in [1.807, 2.05) is 43.0 Å². The SMILES string of the molecule is Cc1nc2cc(=O)[nH]n2c(C)c1CC(=O)N1CCN(C(=O)c2ccc(C(C)C)cc2)CC1. The van der Waals surface area contributed by atoms with Crippen LogP contribution in [0.2, 0.25) is 0 Å². The smallest absolute Gasteiger partial charge is 0.266 e. The van der Waals surface area contributed by atoms with Gasteiger partial charge in [0.05, 0.1) is 6.42 Å². The maximum Gasteiger partial charge on any atom is 0.266 e. The first kappa shape index (κ1) is 21.8. The summed E-state index contributed by atoms with van der Waals surface area (Å²) in [5.41, 5.74) is 4.59. The molecule has 1 fully saturated rings. The molecule has 0 unspecified atom stereocenters. The van der Waals surface area contributed by atoms with Gasteiger partial charge < -0.3 is 9.80 Å². The van der Waals surface area contributed by atoms with Crippen LogP contribution in [0.1, 0.15) is 52.6 Å². The number of H-pyrrole nitrogens is 1. The molecule has 0 bridgehead atoms. The molecule has 168 valence electrons. The Bertz CT molecular complexity index is 1210. The third-order valence-electron chi connectivity index (χ3n) is 6.27. The second kappa shape index (κ2) is 8.61. The Morgan fingerprint density at radius 1 is 1.03 bits per heavy atom. The van der Waals surface area contributed by atoms with Crippen LogP contribution >= 0.6 is 0 Å². The fraction of sp³-hybridized carbons (Fsp3) is 0.417. The van der Waals surface area contributed by atoms with Crippen LogP contribution in [0.25, 0.3) is 5.65 Å². The molecule has 0 spiro atoms. The number of nitrogens with one attached hydrogen (secondary N) is 1. The van der Waals surface area contributed by atoms with Gasteiger partial charge in [-0.05, 0) is 37.5 Å². The highest BCUT2D eigenvalue weighted by Gasteiger charge is 2.26.